The lowest BCUT2D eigenvalue weighted by Crippen LogP contribution is -2.37. The predicted octanol–water partition coefficient (Wildman–Crippen LogP) is 1.79. The van der Waals surface area contributed by atoms with E-state index in [1.165, 1.54) is 4.90 Å². The van der Waals surface area contributed by atoms with Crippen molar-refractivity contribution in [1.29, 1.82) is 0 Å². The molecule has 0 aliphatic rings. The molecule has 88 valence electrons. The number of carbonyl (C=O) groups excluding carboxylic acids is 1. The van der Waals surface area contributed by atoms with Gasteiger partial charge in [0.1, 0.15) is 5.60 Å². The average Bonchev–Trinajstić information content (AvgIpc) is 2.09. The van der Waals surface area contributed by atoms with Crippen molar-refractivity contribution in [1.82, 2.24) is 4.90 Å². The Kier molecular flexibility index (Phi) is 6.01. The normalized spacial score (nSPS) is 10.9. The first-order chi connectivity index (χ1) is 6.90. The summed E-state index contributed by atoms with van der Waals surface area (Å²) in [7, 11) is 0. The van der Waals surface area contributed by atoms with Crippen LogP contribution < -0.4 is 0 Å². The van der Waals surface area contributed by atoms with Crippen LogP contribution in [0.1, 0.15) is 27.2 Å². The molecule has 0 aliphatic carbocycles. The van der Waals surface area contributed by atoms with Crippen LogP contribution in [0, 0.1) is 0 Å². The van der Waals surface area contributed by atoms with Crippen LogP contribution in [-0.4, -0.2) is 41.4 Å². The van der Waals surface area contributed by atoms with Gasteiger partial charge in [-0.1, -0.05) is 6.08 Å². The Morgan fingerprint density at radius 2 is 2.13 bits per heavy atom. The summed E-state index contributed by atoms with van der Waals surface area (Å²) >= 11 is 0. The van der Waals surface area contributed by atoms with Crippen LogP contribution in [-0.2, 0) is 4.74 Å². The molecule has 0 spiro atoms. The third-order valence-electron chi connectivity index (χ3n) is 1.59. The van der Waals surface area contributed by atoms with Crippen molar-refractivity contribution in [3.8, 4) is 0 Å². The molecule has 0 heterocycles. The molecule has 0 radical (unpaired) electrons. The van der Waals surface area contributed by atoms with Crippen LogP contribution in [0.2, 0.25) is 0 Å². The van der Waals surface area contributed by atoms with Crippen molar-refractivity contribution in [3.63, 3.8) is 0 Å². The number of carbonyl (C=O) groups is 1. The summed E-state index contributed by atoms with van der Waals surface area (Å²) in [6.07, 6.45) is 1.82. The zero-order chi connectivity index (χ0) is 11.9. The van der Waals surface area contributed by atoms with Gasteiger partial charge in [-0.2, -0.15) is 0 Å². The van der Waals surface area contributed by atoms with Gasteiger partial charge in [0.2, 0.25) is 0 Å². The number of hydrogen-bond donors (Lipinski definition) is 1. The molecule has 4 heteroatoms. The third-order valence-corrected chi connectivity index (χ3v) is 1.59. The zero-order valence-corrected chi connectivity index (χ0v) is 9.82. The third kappa shape index (κ3) is 6.96. The second-order valence-electron chi connectivity index (χ2n) is 4.29. The minimum Gasteiger partial charge on any atom is -0.444 e. The Morgan fingerprint density at radius 1 is 1.53 bits per heavy atom. The molecule has 0 saturated heterocycles. The van der Waals surface area contributed by atoms with Crippen molar-refractivity contribution in [3.05, 3.63) is 12.7 Å². The van der Waals surface area contributed by atoms with Gasteiger partial charge in [-0.05, 0) is 27.2 Å². The summed E-state index contributed by atoms with van der Waals surface area (Å²) in [4.78, 5) is 13.2. The molecule has 0 bridgehead atoms. The molecule has 1 N–H and O–H groups in total. The molecule has 15 heavy (non-hydrogen) atoms. The SMILES string of the molecule is C=CCN(CCCO)C(=O)OC(C)(C)C. The maximum Gasteiger partial charge on any atom is 0.410 e. The summed E-state index contributed by atoms with van der Waals surface area (Å²) in [5.41, 5.74) is -0.490. The Bertz CT molecular complexity index is 208. The monoisotopic (exact) mass is 215 g/mol. The molecule has 0 aromatic carbocycles. The first-order valence-electron chi connectivity index (χ1n) is 5.10. The quantitative estimate of drug-likeness (QED) is 0.711. The van der Waals surface area contributed by atoms with Crippen LogP contribution in [0.5, 0.6) is 0 Å². The largest absolute Gasteiger partial charge is 0.444 e. The topological polar surface area (TPSA) is 49.8 Å². The highest BCUT2D eigenvalue weighted by molar-refractivity contribution is 5.68. The maximum absolute atomic E-state index is 11.6. The van der Waals surface area contributed by atoms with E-state index in [1.807, 2.05) is 20.8 Å². The molecule has 1 amide bonds. The zero-order valence-electron chi connectivity index (χ0n) is 9.82. The van der Waals surface area contributed by atoms with Gasteiger partial charge in [0, 0.05) is 19.7 Å². The number of hydrogen-bond acceptors (Lipinski definition) is 3. The van der Waals surface area contributed by atoms with E-state index in [9.17, 15) is 4.79 Å². The van der Waals surface area contributed by atoms with Gasteiger partial charge in [-0.25, -0.2) is 4.79 Å². The Balaban J connectivity index is 4.21. The van der Waals surface area contributed by atoms with Crippen molar-refractivity contribution in [2.75, 3.05) is 19.7 Å². The molecule has 0 atom stereocenters. The van der Waals surface area contributed by atoms with Crippen LogP contribution in [0.25, 0.3) is 0 Å². The minimum atomic E-state index is -0.490. The lowest BCUT2D eigenvalue weighted by atomic mass is 10.2. The smallest absolute Gasteiger partial charge is 0.410 e. The molecule has 4 nitrogen and oxygen atoms in total. The second-order valence-corrected chi connectivity index (χ2v) is 4.29. The number of aliphatic hydroxyl groups excluding tert-OH is 1. The van der Waals surface area contributed by atoms with E-state index >= 15 is 0 Å². The first-order valence-corrected chi connectivity index (χ1v) is 5.10. The van der Waals surface area contributed by atoms with Gasteiger partial charge >= 0.3 is 6.09 Å². The standard InChI is InChI=1S/C11H21NO3/c1-5-7-12(8-6-9-13)10(14)15-11(2,3)4/h5,13H,1,6-9H2,2-4H3. The minimum absolute atomic E-state index is 0.0659. The van der Waals surface area contributed by atoms with Crippen LogP contribution in [0.3, 0.4) is 0 Å². The second kappa shape index (κ2) is 6.45. The van der Waals surface area contributed by atoms with Crippen molar-refractivity contribution < 1.29 is 14.6 Å². The number of nitrogens with zero attached hydrogens (tertiary/aromatic N) is 1. The van der Waals surface area contributed by atoms with E-state index < -0.39 is 5.60 Å². The highest BCUT2D eigenvalue weighted by atomic mass is 16.6. The summed E-state index contributed by atoms with van der Waals surface area (Å²) in [6, 6.07) is 0. The van der Waals surface area contributed by atoms with E-state index in [0.29, 0.717) is 19.5 Å². The lowest BCUT2D eigenvalue weighted by Gasteiger charge is -2.26. The van der Waals surface area contributed by atoms with E-state index in [2.05, 4.69) is 6.58 Å². The number of ether oxygens (including phenoxy) is 1. The fourth-order valence-electron chi connectivity index (χ4n) is 1.00. The molecule has 0 aromatic rings. The van der Waals surface area contributed by atoms with Gasteiger partial charge in [0.15, 0.2) is 0 Å². The fourth-order valence-corrected chi connectivity index (χ4v) is 1.00. The van der Waals surface area contributed by atoms with Gasteiger partial charge in [-0.3, -0.25) is 0 Å². The summed E-state index contributed by atoms with van der Waals surface area (Å²) in [6.45, 7) is 10.0. The predicted molar refractivity (Wildman–Crippen MR) is 59.7 cm³/mol. The number of aliphatic hydroxyl groups is 1. The highest BCUT2D eigenvalue weighted by Gasteiger charge is 2.20. The Hall–Kier alpha value is -1.03. The molecule has 0 aliphatic heterocycles. The fraction of sp³-hybridized carbons (Fsp3) is 0.727. The van der Waals surface area contributed by atoms with E-state index in [-0.39, 0.29) is 12.7 Å². The highest BCUT2D eigenvalue weighted by Crippen LogP contribution is 2.10. The van der Waals surface area contributed by atoms with Crippen molar-refractivity contribution in [2.45, 2.75) is 32.8 Å². The van der Waals surface area contributed by atoms with Crippen LogP contribution in [0.4, 0.5) is 4.79 Å². The van der Waals surface area contributed by atoms with Crippen molar-refractivity contribution in [2.24, 2.45) is 0 Å². The average molecular weight is 215 g/mol. The maximum atomic E-state index is 11.6. The van der Waals surface area contributed by atoms with Gasteiger partial charge in [0.25, 0.3) is 0 Å². The van der Waals surface area contributed by atoms with Gasteiger partial charge < -0.3 is 14.7 Å². The molecule has 0 saturated carbocycles. The molecular formula is C11H21NO3. The molecular weight excluding hydrogens is 194 g/mol. The Morgan fingerprint density at radius 3 is 2.53 bits per heavy atom. The van der Waals surface area contributed by atoms with E-state index in [4.69, 9.17) is 9.84 Å². The molecule has 0 rings (SSSR count). The summed E-state index contributed by atoms with van der Waals surface area (Å²) < 4.78 is 5.21. The van der Waals surface area contributed by atoms with E-state index in [0.717, 1.165) is 0 Å². The van der Waals surface area contributed by atoms with Crippen LogP contribution >= 0.6 is 0 Å². The van der Waals surface area contributed by atoms with Crippen LogP contribution in [0.15, 0.2) is 12.7 Å². The summed E-state index contributed by atoms with van der Waals surface area (Å²) in [5, 5.41) is 8.69. The van der Waals surface area contributed by atoms with Crippen molar-refractivity contribution >= 4 is 6.09 Å². The number of rotatable bonds is 5. The molecule has 0 unspecified atom stereocenters. The number of amides is 1. The first kappa shape index (κ1) is 14.0. The van der Waals surface area contributed by atoms with E-state index in [1.54, 1.807) is 6.08 Å². The summed E-state index contributed by atoms with van der Waals surface area (Å²) in [5.74, 6) is 0. The molecule has 0 aromatic heterocycles. The molecule has 0 fully saturated rings. The van der Waals surface area contributed by atoms with Gasteiger partial charge in [-0.15, -0.1) is 6.58 Å². The Labute approximate surface area is 91.5 Å². The lowest BCUT2D eigenvalue weighted by molar-refractivity contribution is 0.0263. The van der Waals surface area contributed by atoms with Gasteiger partial charge in [0.05, 0.1) is 0 Å².